The first kappa shape index (κ1) is 15.4. The minimum atomic E-state index is -0.406. The molecule has 2 atom stereocenters. The van der Waals surface area contributed by atoms with Gasteiger partial charge in [0.15, 0.2) is 0 Å². The lowest BCUT2D eigenvalue weighted by molar-refractivity contribution is 0.128. The van der Waals surface area contributed by atoms with E-state index in [0.29, 0.717) is 0 Å². The number of nitrogens with one attached hydrogen (secondary N) is 1. The van der Waals surface area contributed by atoms with Crippen molar-refractivity contribution < 1.29 is 9.53 Å². The summed E-state index contributed by atoms with van der Waals surface area (Å²) < 4.78 is 5.32. The monoisotopic (exact) mass is 285 g/mol. The Labute approximate surface area is 126 Å². The number of rotatable bonds is 3. The van der Waals surface area contributed by atoms with Crippen LogP contribution in [0.5, 0.6) is 0 Å². The molecule has 112 valence electrons. The molecule has 0 fully saturated rings. The molecule has 0 aromatic heterocycles. The fourth-order valence-electron chi connectivity index (χ4n) is 2.72. The van der Waals surface area contributed by atoms with Crippen LogP contribution in [0.2, 0.25) is 0 Å². The Morgan fingerprint density at radius 1 is 1.29 bits per heavy atom. The molecule has 0 bridgehead atoms. The van der Waals surface area contributed by atoms with Gasteiger partial charge in [0.1, 0.15) is 6.61 Å². The van der Waals surface area contributed by atoms with Crippen LogP contribution in [0.25, 0.3) is 0 Å². The quantitative estimate of drug-likeness (QED) is 0.903. The van der Waals surface area contributed by atoms with Crippen LogP contribution in [0.15, 0.2) is 53.6 Å². The molecule has 21 heavy (non-hydrogen) atoms. The first-order valence-corrected chi connectivity index (χ1v) is 7.27. The number of hydrogen-bond donors (Lipinski definition) is 1. The van der Waals surface area contributed by atoms with Crippen molar-refractivity contribution in [1.29, 1.82) is 0 Å². The van der Waals surface area contributed by atoms with Crippen LogP contribution in [0, 0.1) is 5.92 Å². The van der Waals surface area contributed by atoms with Gasteiger partial charge in [0, 0.05) is 5.92 Å². The highest BCUT2D eigenvalue weighted by Crippen LogP contribution is 2.32. The number of hydrogen-bond acceptors (Lipinski definition) is 2. The van der Waals surface area contributed by atoms with Crippen LogP contribution in [0.3, 0.4) is 0 Å². The Balaban J connectivity index is 1.97. The van der Waals surface area contributed by atoms with Gasteiger partial charge in [-0.15, -0.1) is 0 Å². The van der Waals surface area contributed by atoms with Crippen molar-refractivity contribution in [2.45, 2.75) is 39.8 Å². The zero-order valence-corrected chi connectivity index (χ0v) is 13.1. The Kier molecular flexibility index (Phi) is 4.51. The number of amides is 1. The largest absolute Gasteiger partial charge is 0.445 e. The molecular weight excluding hydrogens is 262 g/mol. The number of benzene rings is 1. The van der Waals surface area contributed by atoms with Crippen molar-refractivity contribution in [3.63, 3.8) is 0 Å². The molecule has 1 aromatic rings. The summed E-state index contributed by atoms with van der Waals surface area (Å²) >= 11 is 0. The summed E-state index contributed by atoms with van der Waals surface area (Å²) in [6.45, 7) is 8.57. The molecule has 1 aliphatic rings. The van der Waals surface area contributed by atoms with E-state index >= 15 is 0 Å². The maximum Gasteiger partial charge on any atom is 0.408 e. The molecule has 1 N–H and O–H groups in total. The second kappa shape index (κ2) is 6.17. The second-order valence-corrected chi connectivity index (χ2v) is 5.97. The van der Waals surface area contributed by atoms with Crippen molar-refractivity contribution >= 4 is 6.09 Å². The number of alkyl carbamates (subject to hydrolysis) is 1. The molecule has 1 aliphatic carbocycles. The summed E-state index contributed by atoms with van der Waals surface area (Å²) in [6, 6.07) is 9.68. The first-order valence-electron chi connectivity index (χ1n) is 7.27. The highest BCUT2D eigenvalue weighted by molar-refractivity contribution is 5.69. The van der Waals surface area contributed by atoms with E-state index in [1.165, 1.54) is 5.57 Å². The molecule has 0 saturated carbocycles. The summed E-state index contributed by atoms with van der Waals surface area (Å²) in [5.74, 6) is 0.241. The minimum absolute atomic E-state index is 0.241. The summed E-state index contributed by atoms with van der Waals surface area (Å²) in [6.07, 6.45) is 3.87. The molecule has 0 aliphatic heterocycles. The third-order valence-electron chi connectivity index (χ3n) is 4.15. The number of ether oxygens (including phenoxy) is 1. The predicted octanol–water partition coefficient (Wildman–Crippen LogP) is 4.21. The molecule has 0 saturated heterocycles. The molecule has 0 spiro atoms. The Morgan fingerprint density at radius 3 is 2.62 bits per heavy atom. The lowest BCUT2D eigenvalue weighted by Gasteiger charge is -2.37. The van der Waals surface area contributed by atoms with Crippen molar-refractivity contribution in [2.75, 3.05) is 0 Å². The zero-order chi connectivity index (χ0) is 15.5. The first-order chi connectivity index (χ1) is 9.90. The van der Waals surface area contributed by atoms with Crippen LogP contribution in [-0.4, -0.2) is 11.6 Å². The summed E-state index contributed by atoms with van der Waals surface area (Å²) in [7, 11) is 0. The molecule has 0 heterocycles. The highest BCUT2D eigenvalue weighted by atomic mass is 16.5. The van der Waals surface area contributed by atoms with Crippen molar-refractivity contribution in [3.05, 3.63) is 59.2 Å². The van der Waals surface area contributed by atoms with Crippen LogP contribution in [0.1, 0.15) is 33.3 Å². The van der Waals surface area contributed by atoms with Crippen LogP contribution < -0.4 is 5.32 Å². The van der Waals surface area contributed by atoms with Gasteiger partial charge in [-0.1, -0.05) is 60.6 Å². The standard InChI is InChI=1S/C18H23NO2/c1-13-10-14(2)15(3)18(4,11-13)19-17(20)21-12-16-8-6-5-7-9-16/h5-11,15H,12H2,1-4H3,(H,19,20). The predicted molar refractivity (Wildman–Crippen MR) is 84.8 cm³/mol. The summed E-state index contributed by atoms with van der Waals surface area (Å²) in [5, 5.41) is 3.00. The van der Waals surface area contributed by atoms with Crippen molar-refractivity contribution in [2.24, 2.45) is 5.92 Å². The SMILES string of the molecule is CC1=CC(C)(NC(=O)OCc2ccccc2)C(C)C(C)=C1. The summed E-state index contributed by atoms with van der Waals surface area (Å²) in [4.78, 5) is 12.1. The molecular formula is C18H23NO2. The van der Waals surface area contributed by atoms with Gasteiger partial charge in [-0.25, -0.2) is 4.79 Å². The van der Waals surface area contributed by atoms with Gasteiger partial charge in [-0.3, -0.25) is 0 Å². The van der Waals surface area contributed by atoms with Crippen LogP contribution in [-0.2, 0) is 11.3 Å². The topological polar surface area (TPSA) is 38.3 Å². The average Bonchev–Trinajstić information content (AvgIpc) is 2.43. The van der Waals surface area contributed by atoms with Gasteiger partial charge >= 0.3 is 6.09 Å². The maximum absolute atomic E-state index is 12.1. The molecule has 2 rings (SSSR count). The molecule has 1 aromatic carbocycles. The number of carbonyl (C=O) groups is 1. The molecule has 3 heteroatoms. The van der Waals surface area contributed by atoms with Crippen molar-refractivity contribution in [1.82, 2.24) is 5.32 Å². The van der Waals surface area contributed by atoms with E-state index in [0.717, 1.165) is 11.1 Å². The highest BCUT2D eigenvalue weighted by Gasteiger charge is 2.34. The summed E-state index contributed by atoms with van der Waals surface area (Å²) in [5.41, 5.74) is 3.01. The normalized spacial score (nSPS) is 24.9. The number of carbonyl (C=O) groups excluding carboxylic acids is 1. The molecule has 0 radical (unpaired) electrons. The number of allylic oxidation sites excluding steroid dienone is 2. The van der Waals surface area contributed by atoms with E-state index in [1.807, 2.05) is 44.2 Å². The van der Waals surface area contributed by atoms with Gasteiger partial charge < -0.3 is 10.1 Å². The smallest absolute Gasteiger partial charge is 0.408 e. The maximum atomic E-state index is 12.1. The van der Waals surface area contributed by atoms with E-state index in [-0.39, 0.29) is 18.6 Å². The van der Waals surface area contributed by atoms with Gasteiger partial charge in [0.25, 0.3) is 0 Å². The van der Waals surface area contributed by atoms with Crippen LogP contribution in [0.4, 0.5) is 4.79 Å². The van der Waals surface area contributed by atoms with Crippen LogP contribution >= 0.6 is 0 Å². The molecule has 2 unspecified atom stereocenters. The fraction of sp³-hybridized carbons (Fsp3) is 0.389. The van der Waals surface area contributed by atoms with Gasteiger partial charge in [0.2, 0.25) is 0 Å². The fourth-order valence-corrected chi connectivity index (χ4v) is 2.72. The van der Waals surface area contributed by atoms with E-state index < -0.39 is 5.54 Å². The Morgan fingerprint density at radius 2 is 1.95 bits per heavy atom. The Bertz CT molecular complexity index is 574. The second-order valence-electron chi connectivity index (χ2n) is 5.97. The minimum Gasteiger partial charge on any atom is -0.445 e. The van der Waals surface area contributed by atoms with Crippen molar-refractivity contribution in [3.8, 4) is 0 Å². The average molecular weight is 285 g/mol. The van der Waals surface area contributed by atoms with E-state index in [1.54, 1.807) is 0 Å². The van der Waals surface area contributed by atoms with Gasteiger partial charge in [-0.2, -0.15) is 0 Å². The van der Waals surface area contributed by atoms with E-state index in [9.17, 15) is 4.79 Å². The van der Waals surface area contributed by atoms with E-state index in [2.05, 4.69) is 31.3 Å². The third-order valence-corrected chi connectivity index (χ3v) is 4.15. The lowest BCUT2D eigenvalue weighted by atomic mass is 9.77. The van der Waals surface area contributed by atoms with Gasteiger partial charge in [0.05, 0.1) is 5.54 Å². The lowest BCUT2D eigenvalue weighted by Crippen LogP contribution is -2.50. The zero-order valence-electron chi connectivity index (χ0n) is 13.1. The molecule has 3 nitrogen and oxygen atoms in total. The Hall–Kier alpha value is -2.03. The molecule has 1 amide bonds. The van der Waals surface area contributed by atoms with Gasteiger partial charge in [-0.05, 0) is 26.3 Å². The van der Waals surface area contributed by atoms with E-state index in [4.69, 9.17) is 4.74 Å². The third kappa shape index (κ3) is 3.75.